The van der Waals surface area contributed by atoms with Crippen molar-refractivity contribution in [3.05, 3.63) is 0 Å². The van der Waals surface area contributed by atoms with E-state index in [1.807, 2.05) is 13.8 Å². The molecule has 0 fully saturated rings. The molecule has 70 valence electrons. The average molecular weight is 166 g/mol. The van der Waals surface area contributed by atoms with Crippen molar-refractivity contribution in [2.24, 2.45) is 0 Å². The fourth-order valence-electron chi connectivity index (χ4n) is 0.857. The SMILES string of the molecule is CC.CCCC(F)(F)CCC. The molecule has 0 nitrogen and oxygen atoms in total. The van der Waals surface area contributed by atoms with Gasteiger partial charge in [-0.3, -0.25) is 0 Å². The van der Waals surface area contributed by atoms with Crippen LogP contribution in [0.2, 0.25) is 0 Å². The zero-order chi connectivity index (χ0) is 9.33. The predicted molar refractivity (Wildman–Crippen MR) is 46.1 cm³/mol. The van der Waals surface area contributed by atoms with Crippen molar-refractivity contribution in [2.45, 2.75) is 59.3 Å². The topological polar surface area (TPSA) is 0 Å². The molecular formula is C9H20F2. The van der Waals surface area contributed by atoms with E-state index in [9.17, 15) is 8.78 Å². The number of rotatable bonds is 4. The third-order valence-corrected chi connectivity index (χ3v) is 1.23. The standard InChI is InChI=1S/C7H14F2.C2H6/c1-3-5-7(8,9)6-4-2;1-2/h3-6H2,1-2H3;1-2H3. The highest BCUT2D eigenvalue weighted by molar-refractivity contribution is 4.63. The lowest BCUT2D eigenvalue weighted by molar-refractivity contribution is -0.0173. The van der Waals surface area contributed by atoms with Gasteiger partial charge in [0.1, 0.15) is 0 Å². The third-order valence-electron chi connectivity index (χ3n) is 1.23. The van der Waals surface area contributed by atoms with E-state index in [1.54, 1.807) is 13.8 Å². The fourth-order valence-corrected chi connectivity index (χ4v) is 0.857. The van der Waals surface area contributed by atoms with Crippen LogP contribution in [-0.2, 0) is 0 Å². The molecule has 0 aromatic heterocycles. The summed E-state index contributed by atoms with van der Waals surface area (Å²) in [4.78, 5) is 0. The number of halogens is 2. The van der Waals surface area contributed by atoms with Gasteiger partial charge in [-0.05, 0) is 0 Å². The molecule has 0 aromatic rings. The summed E-state index contributed by atoms with van der Waals surface area (Å²) in [5, 5.41) is 0. The van der Waals surface area contributed by atoms with E-state index in [0.717, 1.165) is 0 Å². The van der Waals surface area contributed by atoms with Crippen molar-refractivity contribution in [3.8, 4) is 0 Å². The maximum absolute atomic E-state index is 12.4. The summed E-state index contributed by atoms with van der Waals surface area (Å²) in [5.41, 5.74) is 0. The summed E-state index contributed by atoms with van der Waals surface area (Å²) in [7, 11) is 0. The van der Waals surface area contributed by atoms with Gasteiger partial charge in [0.05, 0.1) is 0 Å². The van der Waals surface area contributed by atoms with Gasteiger partial charge in [-0.1, -0.05) is 40.5 Å². The lowest BCUT2D eigenvalue weighted by Crippen LogP contribution is -2.14. The molecule has 0 saturated carbocycles. The van der Waals surface area contributed by atoms with E-state index in [1.165, 1.54) is 0 Å². The van der Waals surface area contributed by atoms with E-state index in [0.29, 0.717) is 12.8 Å². The molecule has 0 rings (SSSR count). The van der Waals surface area contributed by atoms with Gasteiger partial charge in [0.15, 0.2) is 0 Å². The normalized spacial score (nSPS) is 10.4. The van der Waals surface area contributed by atoms with E-state index in [4.69, 9.17) is 0 Å². The predicted octanol–water partition coefficient (Wildman–Crippen LogP) is 4.25. The van der Waals surface area contributed by atoms with Crippen LogP contribution < -0.4 is 0 Å². The first-order chi connectivity index (χ1) is 5.12. The first kappa shape index (κ1) is 13.4. The van der Waals surface area contributed by atoms with Crippen LogP contribution >= 0.6 is 0 Å². The molecule has 0 spiro atoms. The van der Waals surface area contributed by atoms with E-state index in [-0.39, 0.29) is 12.8 Å². The van der Waals surface area contributed by atoms with Crippen LogP contribution in [0.25, 0.3) is 0 Å². The maximum atomic E-state index is 12.4. The first-order valence-electron chi connectivity index (χ1n) is 4.50. The lowest BCUT2D eigenvalue weighted by atomic mass is 10.1. The maximum Gasteiger partial charge on any atom is 0.248 e. The third kappa shape index (κ3) is 9.86. The molecule has 0 aliphatic rings. The molecule has 0 atom stereocenters. The second-order valence-electron chi connectivity index (χ2n) is 2.36. The minimum atomic E-state index is -2.40. The van der Waals surface area contributed by atoms with E-state index < -0.39 is 5.92 Å². The summed E-state index contributed by atoms with van der Waals surface area (Å²) in [6.45, 7) is 7.56. The van der Waals surface area contributed by atoms with Crippen LogP contribution in [0.15, 0.2) is 0 Å². The van der Waals surface area contributed by atoms with Crippen LogP contribution in [0, 0.1) is 0 Å². The minimum Gasteiger partial charge on any atom is -0.207 e. The molecule has 0 aromatic carbocycles. The van der Waals surface area contributed by atoms with Gasteiger partial charge in [-0.25, -0.2) is 8.78 Å². The summed E-state index contributed by atoms with van der Waals surface area (Å²) >= 11 is 0. The monoisotopic (exact) mass is 166 g/mol. The summed E-state index contributed by atoms with van der Waals surface area (Å²) in [6.07, 6.45) is 1.24. The Morgan fingerprint density at radius 2 is 1.18 bits per heavy atom. The van der Waals surface area contributed by atoms with Crippen molar-refractivity contribution < 1.29 is 8.78 Å². The summed E-state index contributed by atoms with van der Waals surface area (Å²) in [5.74, 6) is -2.40. The Morgan fingerprint density at radius 3 is 1.36 bits per heavy atom. The van der Waals surface area contributed by atoms with Crippen LogP contribution in [0.5, 0.6) is 0 Å². The van der Waals surface area contributed by atoms with Crippen LogP contribution in [-0.4, -0.2) is 5.92 Å². The van der Waals surface area contributed by atoms with Crippen molar-refractivity contribution >= 4 is 0 Å². The van der Waals surface area contributed by atoms with Gasteiger partial charge in [0.25, 0.3) is 0 Å². The second kappa shape index (κ2) is 7.96. The quantitative estimate of drug-likeness (QED) is 0.585. The molecule has 11 heavy (non-hydrogen) atoms. The molecule has 0 saturated heterocycles. The largest absolute Gasteiger partial charge is 0.248 e. The smallest absolute Gasteiger partial charge is 0.207 e. The average Bonchev–Trinajstić information content (AvgIpc) is 1.91. The second-order valence-corrected chi connectivity index (χ2v) is 2.36. The Bertz CT molecular complexity index is 62.0. The highest BCUT2D eigenvalue weighted by atomic mass is 19.3. The Kier molecular flexibility index (Phi) is 9.73. The first-order valence-corrected chi connectivity index (χ1v) is 4.50. The molecule has 0 aliphatic carbocycles. The van der Waals surface area contributed by atoms with Gasteiger partial charge < -0.3 is 0 Å². The highest BCUT2D eigenvalue weighted by Crippen LogP contribution is 2.25. The molecule has 0 radical (unpaired) electrons. The van der Waals surface area contributed by atoms with Crippen LogP contribution in [0.1, 0.15) is 53.4 Å². The van der Waals surface area contributed by atoms with Gasteiger partial charge in [-0.2, -0.15) is 0 Å². The van der Waals surface area contributed by atoms with Gasteiger partial charge in [0, 0.05) is 12.8 Å². The molecule has 0 amide bonds. The summed E-state index contributed by atoms with van der Waals surface area (Å²) in [6, 6.07) is 0. The summed E-state index contributed by atoms with van der Waals surface area (Å²) < 4.78 is 24.8. The minimum absolute atomic E-state index is 0.0425. The molecule has 0 bridgehead atoms. The molecule has 0 heterocycles. The zero-order valence-electron chi connectivity index (χ0n) is 8.08. The Balaban J connectivity index is 0. The molecule has 2 heteroatoms. The Hall–Kier alpha value is -0.140. The fraction of sp³-hybridized carbons (Fsp3) is 1.00. The number of hydrogen-bond donors (Lipinski definition) is 0. The van der Waals surface area contributed by atoms with Gasteiger partial charge in [0.2, 0.25) is 5.92 Å². The van der Waals surface area contributed by atoms with E-state index >= 15 is 0 Å². The Labute approximate surface area is 69.0 Å². The molecular weight excluding hydrogens is 146 g/mol. The van der Waals surface area contributed by atoms with Crippen LogP contribution in [0.3, 0.4) is 0 Å². The molecule has 0 unspecified atom stereocenters. The van der Waals surface area contributed by atoms with E-state index in [2.05, 4.69) is 0 Å². The lowest BCUT2D eigenvalue weighted by Gasteiger charge is -2.12. The molecule has 0 N–H and O–H groups in total. The highest BCUT2D eigenvalue weighted by Gasteiger charge is 2.25. The van der Waals surface area contributed by atoms with Gasteiger partial charge >= 0.3 is 0 Å². The number of hydrogen-bond acceptors (Lipinski definition) is 0. The Morgan fingerprint density at radius 1 is 0.909 bits per heavy atom. The van der Waals surface area contributed by atoms with Gasteiger partial charge in [-0.15, -0.1) is 0 Å². The van der Waals surface area contributed by atoms with Crippen molar-refractivity contribution in [3.63, 3.8) is 0 Å². The van der Waals surface area contributed by atoms with Crippen molar-refractivity contribution in [1.29, 1.82) is 0 Å². The van der Waals surface area contributed by atoms with Crippen molar-refractivity contribution in [1.82, 2.24) is 0 Å². The van der Waals surface area contributed by atoms with Crippen molar-refractivity contribution in [2.75, 3.05) is 0 Å². The number of alkyl halides is 2. The van der Waals surface area contributed by atoms with Crippen LogP contribution in [0.4, 0.5) is 8.78 Å². The zero-order valence-corrected chi connectivity index (χ0v) is 8.08. The molecule has 0 aliphatic heterocycles.